The van der Waals surface area contributed by atoms with Gasteiger partial charge in [-0.2, -0.15) is 13.2 Å². The Kier molecular flexibility index (Phi) is 8.02. The van der Waals surface area contributed by atoms with Gasteiger partial charge in [-0.3, -0.25) is 9.59 Å². The summed E-state index contributed by atoms with van der Waals surface area (Å²) in [6.45, 7) is 4.38. The van der Waals surface area contributed by atoms with E-state index in [-0.39, 0.29) is 10.7 Å². The van der Waals surface area contributed by atoms with Crippen LogP contribution in [0.15, 0.2) is 41.3 Å². The highest BCUT2D eigenvalue weighted by Crippen LogP contribution is 2.33. The summed E-state index contributed by atoms with van der Waals surface area (Å²) in [6, 6.07) is 4.96. The van der Waals surface area contributed by atoms with Gasteiger partial charge in [0.25, 0.3) is 11.5 Å². The van der Waals surface area contributed by atoms with Crippen molar-refractivity contribution in [2.45, 2.75) is 46.0 Å². The van der Waals surface area contributed by atoms with Crippen molar-refractivity contribution in [3.63, 3.8) is 0 Å². The number of alkyl halides is 3. The number of carbonyl (C=O) groups excluding carboxylic acids is 1. The van der Waals surface area contributed by atoms with E-state index in [1.54, 1.807) is 6.92 Å². The quantitative estimate of drug-likeness (QED) is 0.373. The van der Waals surface area contributed by atoms with Crippen LogP contribution in [0.5, 0.6) is 5.75 Å². The zero-order valence-corrected chi connectivity index (χ0v) is 20.1. The molecule has 0 spiro atoms. The maximum atomic E-state index is 15.2. The van der Waals surface area contributed by atoms with E-state index in [4.69, 9.17) is 16.3 Å². The molecule has 1 heterocycles. The van der Waals surface area contributed by atoms with Crippen LogP contribution in [0.2, 0.25) is 5.02 Å². The number of halogens is 6. The van der Waals surface area contributed by atoms with Crippen LogP contribution in [0.3, 0.4) is 0 Å². The van der Waals surface area contributed by atoms with Crippen molar-refractivity contribution in [1.29, 1.82) is 0 Å². The van der Waals surface area contributed by atoms with E-state index >= 15 is 4.39 Å². The smallest absolute Gasteiger partial charge is 0.425 e. The molecule has 1 unspecified atom stereocenters. The Hall–Kier alpha value is -3.47. The van der Waals surface area contributed by atoms with Crippen molar-refractivity contribution in [2.75, 3.05) is 5.32 Å². The SMILES string of the molecule is CCCn1cc(C)nc(-c2cc(OC(C)C(F)(F)F)c(C(=O)Nc3c(F)cccc3Cl)cc2F)c1=O. The van der Waals surface area contributed by atoms with Crippen LogP contribution in [-0.4, -0.2) is 27.7 Å². The van der Waals surface area contributed by atoms with E-state index in [0.29, 0.717) is 31.6 Å². The van der Waals surface area contributed by atoms with Gasteiger partial charge in [0.05, 0.1) is 22.0 Å². The van der Waals surface area contributed by atoms with Gasteiger partial charge >= 0.3 is 6.18 Å². The van der Waals surface area contributed by atoms with Crippen molar-refractivity contribution in [1.82, 2.24) is 9.55 Å². The minimum Gasteiger partial charge on any atom is -0.480 e. The van der Waals surface area contributed by atoms with Gasteiger partial charge < -0.3 is 14.6 Å². The van der Waals surface area contributed by atoms with E-state index in [9.17, 15) is 27.2 Å². The number of nitrogens with one attached hydrogen (secondary N) is 1. The summed E-state index contributed by atoms with van der Waals surface area (Å²) in [5.74, 6) is -3.91. The highest BCUT2D eigenvalue weighted by atomic mass is 35.5. The first-order valence-corrected chi connectivity index (χ1v) is 11.1. The predicted octanol–water partition coefficient (Wildman–Crippen LogP) is 6.14. The average Bonchev–Trinajstić information content (AvgIpc) is 2.79. The largest absolute Gasteiger partial charge is 0.480 e. The van der Waals surface area contributed by atoms with Crippen LogP contribution in [-0.2, 0) is 6.54 Å². The normalized spacial score (nSPS) is 12.4. The number of hydrogen-bond acceptors (Lipinski definition) is 4. The molecule has 2 aromatic carbocycles. The molecule has 0 radical (unpaired) electrons. The molecule has 3 aromatic rings. The fourth-order valence-corrected chi connectivity index (χ4v) is 3.53. The van der Waals surface area contributed by atoms with E-state index in [1.165, 1.54) is 22.9 Å². The summed E-state index contributed by atoms with van der Waals surface area (Å²) in [7, 11) is 0. The fourth-order valence-electron chi connectivity index (χ4n) is 3.32. The van der Waals surface area contributed by atoms with E-state index in [1.807, 2.05) is 6.92 Å². The monoisotopic (exact) mass is 529 g/mol. The first-order valence-electron chi connectivity index (χ1n) is 10.7. The number of aromatic nitrogens is 2. The molecule has 0 aliphatic rings. The number of amides is 1. The maximum Gasteiger partial charge on any atom is 0.425 e. The first kappa shape index (κ1) is 27.1. The average molecular weight is 530 g/mol. The lowest BCUT2D eigenvalue weighted by Crippen LogP contribution is -2.32. The van der Waals surface area contributed by atoms with Crippen LogP contribution < -0.4 is 15.6 Å². The third-order valence-corrected chi connectivity index (χ3v) is 5.41. The molecule has 0 aliphatic carbocycles. The first-order chi connectivity index (χ1) is 16.8. The minimum atomic E-state index is -4.83. The number of anilines is 1. The van der Waals surface area contributed by atoms with Crippen LogP contribution in [0.25, 0.3) is 11.3 Å². The molecule has 0 saturated heterocycles. The minimum absolute atomic E-state index is 0.188. The molecule has 0 fully saturated rings. The topological polar surface area (TPSA) is 73.2 Å². The van der Waals surface area contributed by atoms with E-state index in [0.717, 1.165) is 12.1 Å². The summed E-state index contributed by atoms with van der Waals surface area (Å²) in [5, 5.41) is 1.94. The van der Waals surface area contributed by atoms with Gasteiger partial charge in [0.2, 0.25) is 0 Å². The zero-order chi connectivity index (χ0) is 26.8. The van der Waals surface area contributed by atoms with Crippen molar-refractivity contribution in [3.8, 4) is 17.0 Å². The molecule has 1 atom stereocenters. The maximum absolute atomic E-state index is 15.2. The van der Waals surface area contributed by atoms with Gasteiger partial charge in [-0.15, -0.1) is 0 Å². The number of hydrogen-bond donors (Lipinski definition) is 1. The number of para-hydroxylation sites is 1. The summed E-state index contributed by atoms with van der Waals surface area (Å²) in [5.41, 5.74) is -2.27. The molecule has 0 bridgehead atoms. The van der Waals surface area contributed by atoms with Gasteiger partial charge in [0, 0.05) is 18.3 Å². The summed E-state index contributed by atoms with van der Waals surface area (Å²) < 4.78 is 75.4. The highest BCUT2D eigenvalue weighted by Gasteiger charge is 2.39. The lowest BCUT2D eigenvalue weighted by Gasteiger charge is -2.21. The Morgan fingerprint density at radius 3 is 2.53 bits per heavy atom. The number of carbonyl (C=O) groups is 1. The Morgan fingerprint density at radius 1 is 1.22 bits per heavy atom. The molecular formula is C24H21ClF5N3O3. The Labute approximate surface area is 207 Å². The molecule has 3 rings (SSSR count). The van der Waals surface area contributed by atoms with E-state index in [2.05, 4.69) is 10.3 Å². The Bertz CT molecular complexity index is 1340. The van der Waals surface area contributed by atoms with Crippen molar-refractivity contribution in [3.05, 3.63) is 74.8 Å². The second-order valence-corrected chi connectivity index (χ2v) is 8.32. The summed E-state index contributed by atoms with van der Waals surface area (Å²) in [4.78, 5) is 29.8. The van der Waals surface area contributed by atoms with Gasteiger partial charge in [-0.05, 0) is 44.5 Å². The Morgan fingerprint density at radius 2 is 1.92 bits per heavy atom. The third kappa shape index (κ3) is 5.84. The molecule has 36 heavy (non-hydrogen) atoms. The zero-order valence-electron chi connectivity index (χ0n) is 19.3. The third-order valence-electron chi connectivity index (χ3n) is 5.09. The molecule has 12 heteroatoms. The summed E-state index contributed by atoms with van der Waals surface area (Å²) in [6.07, 6.45) is -5.18. The van der Waals surface area contributed by atoms with Crippen molar-refractivity contribution in [2.24, 2.45) is 0 Å². The number of benzene rings is 2. The second-order valence-electron chi connectivity index (χ2n) is 7.91. The molecular weight excluding hydrogens is 509 g/mol. The van der Waals surface area contributed by atoms with Gasteiger partial charge in [-0.1, -0.05) is 24.6 Å². The van der Waals surface area contributed by atoms with Crippen LogP contribution in [0.1, 0.15) is 36.3 Å². The van der Waals surface area contributed by atoms with Crippen molar-refractivity contribution >= 4 is 23.2 Å². The van der Waals surface area contributed by atoms with Crippen LogP contribution >= 0.6 is 11.6 Å². The van der Waals surface area contributed by atoms with E-state index < -0.39 is 57.9 Å². The Balaban J connectivity index is 2.17. The van der Waals surface area contributed by atoms with Crippen molar-refractivity contribution < 1.29 is 31.5 Å². The molecule has 1 N–H and O–H groups in total. The second kappa shape index (κ2) is 10.7. The molecule has 192 valence electrons. The number of nitrogens with zero attached hydrogens (tertiary/aromatic N) is 2. The number of rotatable bonds is 7. The molecule has 0 aliphatic heterocycles. The molecule has 6 nitrogen and oxygen atoms in total. The number of aryl methyl sites for hydroxylation is 2. The molecule has 1 aromatic heterocycles. The summed E-state index contributed by atoms with van der Waals surface area (Å²) >= 11 is 5.90. The standard InChI is InChI=1S/C24H21ClF5N3O3/c1-4-8-33-11-12(2)31-20(23(33)35)14-10-19(36-13(3)24(28,29)30)15(9-18(14)27)22(34)32-21-16(25)6-5-7-17(21)26/h5-7,9-11,13H,4,8H2,1-3H3,(H,32,34). The van der Waals surface area contributed by atoms with Gasteiger partial charge in [-0.25, -0.2) is 13.8 Å². The lowest BCUT2D eigenvalue weighted by atomic mass is 10.1. The number of ether oxygens (including phenoxy) is 1. The lowest BCUT2D eigenvalue weighted by molar-refractivity contribution is -0.189. The molecule has 1 amide bonds. The van der Waals surface area contributed by atoms with Gasteiger partial charge in [0.1, 0.15) is 23.1 Å². The molecule has 0 saturated carbocycles. The fraction of sp³-hybridized carbons (Fsp3) is 0.292. The predicted molar refractivity (Wildman–Crippen MR) is 124 cm³/mol. The highest BCUT2D eigenvalue weighted by molar-refractivity contribution is 6.34. The van der Waals surface area contributed by atoms with Gasteiger partial charge in [0.15, 0.2) is 6.10 Å². The van der Waals surface area contributed by atoms with Crippen LogP contribution in [0.4, 0.5) is 27.6 Å². The van der Waals surface area contributed by atoms with Crippen LogP contribution in [0, 0.1) is 18.6 Å².